The first-order valence-electron chi connectivity index (χ1n) is 7.37. The predicted octanol–water partition coefficient (Wildman–Crippen LogP) is 4.93. The van der Waals surface area contributed by atoms with E-state index in [4.69, 9.17) is 14.2 Å². The van der Waals surface area contributed by atoms with Gasteiger partial charge in [-0.3, -0.25) is 0 Å². The Labute approximate surface area is 148 Å². The molecular formula is C18H15NO3S2. The Hall–Kier alpha value is -2.18. The summed E-state index contributed by atoms with van der Waals surface area (Å²) in [7, 11) is 1.69. The monoisotopic (exact) mass is 357 g/mol. The molecule has 0 amide bonds. The normalized spacial score (nSPS) is 13.1. The molecule has 6 heteroatoms. The van der Waals surface area contributed by atoms with Crippen molar-refractivity contribution in [3.8, 4) is 17.2 Å². The predicted molar refractivity (Wildman–Crippen MR) is 99.4 cm³/mol. The molecule has 1 aliphatic rings. The Kier molecular flexibility index (Phi) is 4.08. The van der Waals surface area contributed by atoms with Crippen molar-refractivity contribution in [2.45, 2.75) is 4.90 Å². The first kappa shape index (κ1) is 15.4. The lowest BCUT2D eigenvalue weighted by molar-refractivity contribution is 0.174. The van der Waals surface area contributed by atoms with Gasteiger partial charge in [0, 0.05) is 6.07 Å². The standard InChI is InChI=1S/C18H15NO3S2/c1-20-15-8-12-16(9-17(15)23-2)24-18(19-12)6-4-11-3-5-13-14(7-11)22-10-21-13/h3-9H,10H2,1-2H3. The zero-order chi connectivity index (χ0) is 16.5. The molecule has 0 atom stereocenters. The summed E-state index contributed by atoms with van der Waals surface area (Å²) in [6, 6.07) is 10.0. The minimum Gasteiger partial charge on any atom is -0.496 e. The van der Waals surface area contributed by atoms with Crippen LogP contribution >= 0.6 is 23.1 Å². The molecule has 2 aromatic carbocycles. The second kappa shape index (κ2) is 6.37. The number of thioether (sulfide) groups is 1. The summed E-state index contributed by atoms with van der Waals surface area (Å²) >= 11 is 3.34. The van der Waals surface area contributed by atoms with Crippen molar-refractivity contribution in [2.24, 2.45) is 0 Å². The molecule has 1 aliphatic heterocycles. The van der Waals surface area contributed by atoms with E-state index in [1.165, 1.54) is 0 Å². The molecule has 0 saturated carbocycles. The summed E-state index contributed by atoms with van der Waals surface area (Å²) < 4.78 is 17.3. The Morgan fingerprint density at radius 2 is 2.04 bits per heavy atom. The highest BCUT2D eigenvalue weighted by Gasteiger charge is 2.12. The van der Waals surface area contributed by atoms with Gasteiger partial charge < -0.3 is 14.2 Å². The fraction of sp³-hybridized carbons (Fsp3) is 0.167. The highest BCUT2D eigenvalue weighted by molar-refractivity contribution is 7.98. The average Bonchev–Trinajstić information content (AvgIpc) is 3.23. The number of ether oxygens (including phenoxy) is 3. The number of methoxy groups -OCH3 is 1. The highest BCUT2D eigenvalue weighted by Crippen LogP contribution is 2.36. The van der Waals surface area contributed by atoms with E-state index in [-0.39, 0.29) is 0 Å². The lowest BCUT2D eigenvalue weighted by atomic mass is 10.2. The van der Waals surface area contributed by atoms with Crippen LogP contribution in [0.1, 0.15) is 10.6 Å². The molecule has 4 nitrogen and oxygen atoms in total. The Morgan fingerprint density at radius 3 is 2.88 bits per heavy atom. The van der Waals surface area contributed by atoms with Crippen LogP contribution in [-0.4, -0.2) is 25.1 Å². The maximum Gasteiger partial charge on any atom is 0.231 e. The largest absolute Gasteiger partial charge is 0.496 e. The number of fused-ring (bicyclic) bond motifs is 2. The third-order valence-corrected chi connectivity index (χ3v) is 5.47. The van der Waals surface area contributed by atoms with Crippen molar-refractivity contribution in [3.63, 3.8) is 0 Å². The number of benzene rings is 2. The van der Waals surface area contributed by atoms with Gasteiger partial charge >= 0.3 is 0 Å². The number of hydrogen-bond donors (Lipinski definition) is 0. The number of nitrogens with zero attached hydrogens (tertiary/aromatic N) is 1. The van der Waals surface area contributed by atoms with Crippen LogP contribution in [0.3, 0.4) is 0 Å². The van der Waals surface area contributed by atoms with E-state index in [0.717, 1.165) is 42.9 Å². The molecule has 2 heterocycles. The van der Waals surface area contributed by atoms with Crippen molar-refractivity contribution in [3.05, 3.63) is 40.9 Å². The van der Waals surface area contributed by atoms with Crippen molar-refractivity contribution < 1.29 is 14.2 Å². The molecule has 0 unspecified atom stereocenters. The van der Waals surface area contributed by atoms with Gasteiger partial charge in [-0.25, -0.2) is 4.98 Å². The summed E-state index contributed by atoms with van der Waals surface area (Å²) in [5.41, 5.74) is 2.01. The molecule has 1 aromatic heterocycles. The van der Waals surface area contributed by atoms with E-state index in [0.29, 0.717) is 6.79 Å². The molecule has 0 saturated heterocycles. The molecule has 24 heavy (non-hydrogen) atoms. The second-order valence-corrected chi connectivity index (χ2v) is 7.08. The summed E-state index contributed by atoms with van der Waals surface area (Å²) in [4.78, 5) is 5.80. The molecular weight excluding hydrogens is 342 g/mol. The SMILES string of the molecule is COc1cc2nc(C=Cc3ccc4c(c3)OCO4)sc2cc1SC. The van der Waals surface area contributed by atoms with Gasteiger partial charge in [0.2, 0.25) is 6.79 Å². The van der Waals surface area contributed by atoms with E-state index in [1.807, 2.05) is 42.7 Å². The van der Waals surface area contributed by atoms with E-state index in [2.05, 4.69) is 11.1 Å². The fourth-order valence-electron chi connectivity index (χ4n) is 2.53. The first-order chi connectivity index (χ1) is 11.8. The molecule has 0 spiro atoms. The second-order valence-electron chi connectivity index (χ2n) is 5.17. The van der Waals surface area contributed by atoms with E-state index < -0.39 is 0 Å². The number of hydrogen-bond acceptors (Lipinski definition) is 6. The Morgan fingerprint density at radius 1 is 1.17 bits per heavy atom. The summed E-state index contributed by atoms with van der Waals surface area (Å²) in [6.07, 6.45) is 6.10. The van der Waals surface area contributed by atoms with Gasteiger partial charge in [0.1, 0.15) is 10.8 Å². The van der Waals surface area contributed by atoms with Crippen LogP contribution in [-0.2, 0) is 0 Å². The Balaban J connectivity index is 1.64. The van der Waals surface area contributed by atoms with Crippen LogP contribution in [0.2, 0.25) is 0 Å². The summed E-state index contributed by atoms with van der Waals surface area (Å²) in [6.45, 7) is 0.292. The van der Waals surface area contributed by atoms with Crippen LogP contribution < -0.4 is 14.2 Å². The van der Waals surface area contributed by atoms with Crippen molar-refractivity contribution in [1.82, 2.24) is 4.98 Å². The van der Waals surface area contributed by atoms with Crippen LogP contribution in [0.5, 0.6) is 17.2 Å². The number of thiazole rings is 1. The molecule has 0 radical (unpaired) electrons. The van der Waals surface area contributed by atoms with Crippen LogP contribution in [0.25, 0.3) is 22.4 Å². The van der Waals surface area contributed by atoms with E-state index in [1.54, 1.807) is 30.2 Å². The lowest BCUT2D eigenvalue weighted by Crippen LogP contribution is -1.92. The fourth-order valence-corrected chi connectivity index (χ4v) is 4.07. The van der Waals surface area contributed by atoms with Gasteiger partial charge in [0.15, 0.2) is 11.5 Å². The van der Waals surface area contributed by atoms with Crippen molar-refractivity contribution >= 4 is 45.5 Å². The number of aromatic nitrogens is 1. The van der Waals surface area contributed by atoms with Gasteiger partial charge in [0.25, 0.3) is 0 Å². The lowest BCUT2D eigenvalue weighted by Gasteiger charge is -2.04. The van der Waals surface area contributed by atoms with Gasteiger partial charge in [-0.2, -0.15) is 0 Å². The molecule has 0 fully saturated rings. The van der Waals surface area contributed by atoms with Gasteiger partial charge in [0.05, 0.1) is 22.2 Å². The maximum absolute atomic E-state index is 5.43. The zero-order valence-electron chi connectivity index (χ0n) is 13.2. The summed E-state index contributed by atoms with van der Waals surface area (Å²) in [5.74, 6) is 2.45. The minimum atomic E-state index is 0.292. The van der Waals surface area contributed by atoms with Crippen LogP contribution in [0, 0.1) is 0 Å². The van der Waals surface area contributed by atoms with E-state index >= 15 is 0 Å². The highest BCUT2D eigenvalue weighted by atomic mass is 32.2. The molecule has 0 aliphatic carbocycles. The average molecular weight is 357 g/mol. The van der Waals surface area contributed by atoms with Crippen LogP contribution in [0.15, 0.2) is 35.2 Å². The third kappa shape index (κ3) is 2.83. The smallest absolute Gasteiger partial charge is 0.231 e. The van der Waals surface area contributed by atoms with Gasteiger partial charge in [-0.05, 0) is 36.1 Å². The quantitative estimate of drug-likeness (QED) is 0.620. The van der Waals surface area contributed by atoms with Gasteiger partial charge in [-0.1, -0.05) is 12.1 Å². The first-order valence-corrected chi connectivity index (χ1v) is 9.41. The molecule has 122 valence electrons. The molecule has 0 bridgehead atoms. The maximum atomic E-state index is 5.43. The molecule has 0 N–H and O–H groups in total. The van der Waals surface area contributed by atoms with Gasteiger partial charge in [-0.15, -0.1) is 23.1 Å². The van der Waals surface area contributed by atoms with Crippen molar-refractivity contribution in [2.75, 3.05) is 20.2 Å². The zero-order valence-corrected chi connectivity index (χ0v) is 14.9. The van der Waals surface area contributed by atoms with E-state index in [9.17, 15) is 0 Å². The van der Waals surface area contributed by atoms with Crippen molar-refractivity contribution in [1.29, 1.82) is 0 Å². The molecule has 3 aromatic rings. The Bertz CT molecular complexity index is 892. The topological polar surface area (TPSA) is 40.6 Å². The molecule has 4 rings (SSSR count). The third-order valence-electron chi connectivity index (χ3n) is 3.73. The summed E-state index contributed by atoms with van der Waals surface area (Å²) in [5, 5.41) is 0.961. The number of rotatable bonds is 4. The minimum absolute atomic E-state index is 0.292. The van der Waals surface area contributed by atoms with Crippen LogP contribution in [0.4, 0.5) is 0 Å².